The fourth-order valence-corrected chi connectivity index (χ4v) is 6.44. The number of nitrogens with zero attached hydrogens (tertiary/aromatic N) is 1. The number of fused-ring (bicyclic) bond motifs is 2. The van der Waals surface area contributed by atoms with Gasteiger partial charge in [0.1, 0.15) is 5.58 Å². The quantitative estimate of drug-likeness (QED) is 0.117. The molecule has 11 nitrogen and oxygen atoms in total. The molecule has 0 aliphatic carbocycles. The van der Waals surface area contributed by atoms with Gasteiger partial charge in [-0.2, -0.15) is 0 Å². The highest BCUT2D eigenvalue weighted by atomic mass is 35.5. The molecule has 49 heavy (non-hydrogen) atoms. The molecule has 0 unspecified atom stereocenters. The van der Waals surface area contributed by atoms with Gasteiger partial charge in [-0.15, -0.1) is 0 Å². The molecule has 6 rings (SSSR count). The summed E-state index contributed by atoms with van der Waals surface area (Å²) in [4.78, 5) is 41.1. The Labute approximate surface area is 288 Å². The summed E-state index contributed by atoms with van der Waals surface area (Å²) in [7, 11) is 0. The predicted molar refractivity (Wildman–Crippen MR) is 183 cm³/mol. The maximum absolute atomic E-state index is 13.8. The Morgan fingerprint density at radius 3 is 2.53 bits per heavy atom. The van der Waals surface area contributed by atoms with Gasteiger partial charge in [0.25, 0.3) is 17.7 Å². The summed E-state index contributed by atoms with van der Waals surface area (Å²) < 4.78 is 29.3. The Bertz CT molecular complexity index is 1890. The summed E-state index contributed by atoms with van der Waals surface area (Å²) in [5.41, 5.74) is 3.62. The predicted octanol–water partition coefficient (Wildman–Crippen LogP) is 6.23. The Morgan fingerprint density at radius 2 is 1.76 bits per heavy atom. The Morgan fingerprint density at radius 1 is 0.980 bits per heavy atom. The maximum atomic E-state index is 13.8. The molecule has 2 N–H and O–H groups in total. The van der Waals surface area contributed by atoms with E-state index in [-0.39, 0.29) is 41.9 Å². The van der Waals surface area contributed by atoms with Gasteiger partial charge in [0, 0.05) is 46.7 Å². The summed E-state index contributed by atoms with van der Waals surface area (Å²) >= 11 is 6.07. The summed E-state index contributed by atoms with van der Waals surface area (Å²) in [5, 5.41) is 13.1. The van der Waals surface area contributed by atoms with Crippen LogP contribution < -0.4 is 10.2 Å². The van der Waals surface area contributed by atoms with Gasteiger partial charge in [-0.05, 0) is 74.4 Å². The van der Waals surface area contributed by atoms with Crippen LogP contribution in [0.25, 0.3) is 11.0 Å². The van der Waals surface area contributed by atoms with Crippen LogP contribution in [0.5, 0.6) is 0 Å². The van der Waals surface area contributed by atoms with Gasteiger partial charge in [-0.1, -0.05) is 29.8 Å². The van der Waals surface area contributed by atoms with Gasteiger partial charge in [0.2, 0.25) is 6.29 Å². The highest BCUT2D eigenvalue weighted by Gasteiger charge is 2.40. The molecule has 3 heterocycles. The fourth-order valence-electron chi connectivity index (χ4n) is 6.27. The van der Waals surface area contributed by atoms with Crippen molar-refractivity contribution in [2.24, 2.45) is 5.92 Å². The van der Waals surface area contributed by atoms with Gasteiger partial charge in [-0.3, -0.25) is 14.4 Å². The third-order valence-electron chi connectivity index (χ3n) is 8.56. The first-order valence-electron chi connectivity index (χ1n) is 16.1. The van der Waals surface area contributed by atoms with Crippen LogP contribution in [0.1, 0.15) is 51.1 Å². The molecule has 3 amide bonds. The summed E-state index contributed by atoms with van der Waals surface area (Å²) in [6, 6.07) is 17.3. The van der Waals surface area contributed by atoms with Crippen molar-refractivity contribution in [3.8, 4) is 0 Å². The molecule has 12 heteroatoms. The number of allylic oxidation sites excluding steroid dienone is 1. The molecule has 0 saturated carbocycles. The van der Waals surface area contributed by atoms with Gasteiger partial charge in [0.05, 0.1) is 49.5 Å². The molecule has 1 aromatic heterocycles. The number of benzene rings is 3. The lowest BCUT2D eigenvalue weighted by molar-refractivity contribution is -0.166. The van der Waals surface area contributed by atoms with Crippen LogP contribution in [0.15, 0.2) is 83.2 Å². The molecule has 0 bridgehead atoms. The van der Waals surface area contributed by atoms with E-state index in [0.29, 0.717) is 54.8 Å². The highest BCUT2D eigenvalue weighted by Crippen LogP contribution is 2.42. The molecular weight excluding hydrogens is 652 g/mol. The monoisotopic (exact) mass is 688 g/mol. The van der Waals surface area contributed by atoms with Crippen molar-refractivity contribution in [3.05, 3.63) is 106 Å². The molecule has 0 saturated heterocycles. The normalized spacial score (nSPS) is 18.8. The molecule has 4 aromatic rings. The first kappa shape index (κ1) is 34.3. The molecule has 3 aromatic carbocycles. The number of hydrogen-bond acceptors (Lipinski definition) is 9. The van der Waals surface area contributed by atoms with E-state index in [1.165, 1.54) is 6.07 Å². The number of carbonyl (C=O) groups is 3. The van der Waals surface area contributed by atoms with Crippen LogP contribution in [0.2, 0.25) is 5.02 Å². The van der Waals surface area contributed by atoms with Crippen molar-refractivity contribution >= 4 is 51.7 Å². The lowest BCUT2D eigenvalue weighted by atomic mass is 9.81. The lowest BCUT2D eigenvalue weighted by Crippen LogP contribution is -2.38. The number of aryl methyl sites for hydroxylation is 1. The molecule has 2 aliphatic heterocycles. The second kappa shape index (κ2) is 15.4. The van der Waals surface area contributed by atoms with Crippen molar-refractivity contribution in [1.29, 1.82) is 0 Å². The van der Waals surface area contributed by atoms with Crippen LogP contribution in [0, 0.1) is 12.8 Å². The first-order chi connectivity index (χ1) is 23.8. The third kappa shape index (κ3) is 7.26. The number of rotatable bonds is 14. The number of amides is 3. The zero-order chi connectivity index (χ0) is 34.5. The van der Waals surface area contributed by atoms with Gasteiger partial charge >= 0.3 is 0 Å². The fraction of sp³-hybridized carbons (Fsp3) is 0.324. The van der Waals surface area contributed by atoms with Crippen molar-refractivity contribution in [2.45, 2.75) is 32.5 Å². The zero-order valence-corrected chi connectivity index (χ0v) is 27.9. The molecule has 3 atom stereocenters. The Balaban J connectivity index is 1.23. The average molecular weight is 689 g/mol. The largest absolute Gasteiger partial charge is 0.464 e. The Hall–Kier alpha value is -4.52. The van der Waals surface area contributed by atoms with E-state index in [1.54, 1.807) is 49.6 Å². The number of furan rings is 1. The van der Waals surface area contributed by atoms with E-state index in [4.69, 9.17) is 40.1 Å². The molecule has 0 radical (unpaired) electrons. The van der Waals surface area contributed by atoms with Gasteiger partial charge < -0.3 is 33.8 Å². The number of ether oxygens (including phenoxy) is 4. The molecule has 256 valence electrons. The number of anilines is 2. The van der Waals surface area contributed by atoms with Crippen LogP contribution in [0.3, 0.4) is 0 Å². The summed E-state index contributed by atoms with van der Waals surface area (Å²) in [6.45, 7) is 5.32. The van der Waals surface area contributed by atoms with E-state index in [2.05, 4.69) is 5.32 Å². The molecule has 0 spiro atoms. The maximum Gasteiger partial charge on any atom is 0.290 e. The number of aliphatic hydroxyl groups is 1. The van der Waals surface area contributed by atoms with Gasteiger partial charge in [-0.25, -0.2) is 4.90 Å². The second-order valence-corrected chi connectivity index (χ2v) is 12.1. The average Bonchev–Trinajstić information content (AvgIpc) is 3.63. The smallest absolute Gasteiger partial charge is 0.290 e. The van der Waals surface area contributed by atoms with E-state index in [0.717, 1.165) is 21.4 Å². The minimum atomic E-state index is -0.755. The second-order valence-electron chi connectivity index (χ2n) is 11.7. The summed E-state index contributed by atoms with van der Waals surface area (Å²) in [5.74, 6) is -1.82. The zero-order valence-electron chi connectivity index (χ0n) is 27.1. The molecule has 0 fully saturated rings. The number of aliphatic hydroxyl groups excluding tert-OH is 1. The number of halogens is 1. The van der Waals surface area contributed by atoms with Crippen LogP contribution in [-0.2, 0) is 23.7 Å². The van der Waals surface area contributed by atoms with E-state index in [9.17, 15) is 14.4 Å². The number of carbonyl (C=O) groups excluding carboxylic acids is 3. The van der Waals surface area contributed by atoms with Gasteiger partial charge in [0.15, 0.2) is 5.76 Å². The number of para-hydroxylation sites is 1. The first-order valence-corrected chi connectivity index (χ1v) is 16.5. The van der Waals surface area contributed by atoms with Crippen molar-refractivity contribution in [3.63, 3.8) is 0 Å². The number of nitrogens with one attached hydrogen (secondary N) is 1. The lowest BCUT2D eigenvalue weighted by Gasteiger charge is -2.36. The minimum absolute atomic E-state index is 0.0467. The minimum Gasteiger partial charge on any atom is -0.464 e. The third-order valence-corrected chi connectivity index (χ3v) is 8.79. The van der Waals surface area contributed by atoms with Crippen LogP contribution in [0.4, 0.5) is 11.4 Å². The van der Waals surface area contributed by atoms with E-state index >= 15 is 0 Å². The van der Waals surface area contributed by atoms with E-state index in [1.807, 2.05) is 31.2 Å². The number of hydrogen-bond donors (Lipinski definition) is 2. The number of imide groups is 1. The molecule has 2 aliphatic rings. The summed E-state index contributed by atoms with van der Waals surface area (Å²) in [6.07, 6.45) is 3.31. The molecular formula is C37H37ClN2O9. The van der Waals surface area contributed by atoms with Crippen LogP contribution >= 0.6 is 11.6 Å². The SMILES string of the molecule is CCO[C@H]1OC(C(=O)Nc2ccc(N3C(=O)c4ccc(Cl)cc4C3=O)c(C)c2)=C[C@@H](c2coc3ccccc23)[C@H]1CCOCCOCCO. The topological polar surface area (TPSA) is 137 Å². The van der Waals surface area contributed by atoms with E-state index < -0.39 is 24.0 Å². The standard InChI is InChI=1S/C37H37ClN2O9/c1-3-47-37-27(12-14-45-16-17-46-15-13-41)28(30-21-48-32-7-5-4-6-25(30)32)20-33(49-37)34(42)39-24-9-11-31(22(2)18-24)40-35(43)26-10-8-23(38)19-29(26)36(40)44/h4-11,18-21,27-28,37,41H,3,12-17H2,1-2H3,(H,39,42)/t27-,28-,37+/m1/s1. The van der Waals surface area contributed by atoms with Crippen LogP contribution in [-0.4, -0.2) is 68.8 Å². The van der Waals surface area contributed by atoms with Crippen molar-refractivity contribution in [2.75, 3.05) is 49.9 Å². The highest BCUT2D eigenvalue weighted by molar-refractivity contribution is 6.37. The Kier molecular flexibility index (Phi) is 10.8. The van der Waals surface area contributed by atoms with Crippen molar-refractivity contribution < 1.29 is 42.9 Å². The van der Waals surface area contributed by atoms with Crippen molar-refractivity contribution in [1.82, 2.24) is 0 Å².